The van der Waals surface area contributed by atoms with Crippen molar-refractivity contribution in [3.8, 4) is 0 Å². The van der Waals surface area contributed by atoms with Gasteiger partial charge in [0.05, 0.1) is 12.7 Å². The normalized spacial score (nSPS) is 12.4. The second-order valence-electron chi connectivity index (χ2n) is 3.89. The third kappa shape index (κ3) is 4.44. The van der Waals surface area contributed by atoms with Crippen LogP contribution in [0, 0.1) is 6.92 Å². The minimum Gasteiger partial charge on any atom is -0.444 e. The smallest absolute Gasteiger partial charge is 0.221 e. The van der Waals surface area contributed by atoms with Crippen LogP contribution in [0.1, 0.15) is 37.8 Å². The van der Waals surface area contributed by atoms with E-state index in [-0.39, 0.29) is 11.9 Å². The van der Waals surface area contributed by atoms with Gasteiger partial charge < -0.3 is 15.5 Å². The third-order valence-corrected chi connectivity index (χ3v) is 2.21. The van der Waals surface area contributed by atoms with E-state index in [2.05, 4.69) is 10.3 Å². The molecule has 0 radical (unpaired) electrons. The minimum absolute atomic E-state index is 0.0585. The summed E-state index contributed by atoms with van der Waals surface area (Å²) in [5, 5.41) is 2.73. The van der Waals surface area contributed by atoms with Gasteiger partial charge in [0.2, 0.25) is 11.8 Å². The highest BCUT2D eigenvalue weighted by Crippen LogP contribution is 2.02. The fraction of sp³-hybridized carbons (Fsp3) is 0.636. The fourth-order valence-electron chi connectivity index (χ4n) is 1.44. The molecule has 1 amide bonds. The van der Waals surface area contributed by atoms with Crippen LogP contribution in [0.2, 0.25) is 0 Å². The van der Waals surface area contributed by atoms with Gasteiger partial charge >= 0.3 is 0 Å². The Morgan fingerprint density at radius 1 is 1.69 bits per heavy atom. The van der Waals surface area contributed by atoms with Gasteiger partial charge in [0, 0.05) is 12.5 Å². The maximum Gasteiger partial charge on any atom is 0.221 e. The van der Waals surface area contributed by atoms with Gasteiger partial charge in [-0.25, -0.2) is 4.98 Å². The van der Waals surface area contributed by atoms with Gasteiger partial charge in [0.25, 0.3) is 0 Å². The quantitative estimate of drug-likeness (QED) is 0.760. The largest absolute Gasteiger partial charge is 0.444 e. The Balaban J connectivity index is 2.25. The molecule has 1 aromatic rings. The molecule has 90 valence electrons. The van der Waals surface area contributed by atoms with Crippen molar-refractivity contribution >= 4 is 5.91 Å². The number of nitrogens with zero attached hydrogens (tertiary/aromatic N) is 1. The fourth-order valence-corrected chi connectivity index (χ4v) is 1.44. The van der Waals surface area contributed by atoms with Crippen LogP contribution >= 0.6 is 0 Å². The lowest BCUT2D eigenvalue weighted by atomic mass is 10.1. The highest BCUT2D eigenvalue weighted by molar-refractivity contribution is 5.76. The van der Waals surface area contributed by atoms with E-state index in [1.165, 1.54) is 0 Å². The molecule has 0 aromatic carbocycles. The highest BCUT2D eigenvalue weighted by atomic mass is 16.4. The van der Waals surface area contributed by atoms with Crippen molar-refractivity contribution in [2.24, 2.45) is 5.73 Å². The summed E-state index contributed by atoms with van der Waals surface area (Å²) in [6.07, 6.45) is 3.84. The van der Waals surface area contributed by atoms with E-state index in [9.17, 15) is 4.79 Å². The van der Waals surface area contributed by atoms with Crippen LogP contribution in [0.5, 0.6) is 0 Å². The Morgan fingerprint density at radius 2 is 2.44 bits per heavy atom. The molecule has 0 saturated heterocycles. The molecule has 0 fully saturated rings. The third-order valence-electron chi connectivity index (χ3n) is 2.21. The number of carbonyl (C=O) groups excluding carboxylic acids is 1. The summed E-state index contributed by atoms with van der Waals surface area (Å²) in [5.41, 5.74) is 5.76. The summed E-state index contributed by atoms with van der Waals surface area (Å²) in [4.78, 5) is 15.4. The van der Waals surface area contributed by atoms with Gasteiger partial charge in [-0.2, -0.15) is 0 Å². The molecule has 5 nitrogen and oxygen atoms in total. The maximum atomic E-state index is 11.4. The number of hydrogen-bond donors (Lipinski definition) is 2. The first-order valence-electron chi connectivity index (χ1n) is 5.55. The van der Waals surface area contributed by atoms with E-state index < -0.39 is 0 Å². The molecule has 1 unspecified atom stereocenters. The number of aryl methyl sites for hydroxylation is 1. The average molecular weight is 225 g/mol. The van der Waals surface area contributed by atoms with E-state index in [1.54, 1.807) is 6.20 Å². The summed E-state index contributed by atoms with van der Waals surface area (Å²) in [7, 11) is 0. The number of rotatable bonds is 6. The number of nitrogens with one attached hydrogen (secondary N) is 1. The Morgan fingerprint density at radius 3 is 3.00 bits per heavy atom. The summed E-state index contributed by atoms with van der Waals surface area (Å²) in [5.74, 6) is 1.21. The SMILES string of the molecule is CCCC(N)CC(=O)NCc1ncc(C)o1. The summed E-state index contributed by atoms with van der Waals surface area (Å²) in [6.45, 7) is 4.19. The predicted octanol–water partition coefficient (Wildman–Crippen LogP) is 1.12. The number of oxazole rings is 1. The second kappa shape index (κ2) is 6.27. The van der Waals surface area contributed by atoms with Crippen LogP contribution in [0.25, 0.3) is 0 Å². The number of amides is 1. The Labute approximate surface area is 95.4 Å². The van der Waals surface area contributed by atoms with E-state index in [1.807, 2.05) is 13.8 Å². The monoisotopic (exact) mass is 225 g/mol. The van der Waals surface area contributed by atoms with Crippen molar-refractivity contribution in [1.82, 2.24) is 10.3 Å². The van der Waals surface area contributed by atoms with E-state index >= 15 is 0 Å². The summed E-state index contributed by atoms with van der Waals surface area (Å²) in [6, 6.07) is -0.0590. The van der Waals surface area contributed by atoms with Crippen LogP contribution in [-0.4, -0.2) is 16.9 Å². The molecule has 0 bridgehead atoms. The minimum atomic E-state index is -0.0590. The predicted molar refractivity (Wildman–Crippen MR) is 60.6 cm³/mol. The lowest BCUT2D eigenvalue weighted by molar-refractivity contribution is -0.121. The maximum absolute atomic E-state index is 11.4. The molecule has 0 aliphatic heterocycles. The molecule has 1 rings (SSSR count). The number of aromatic nitrogens is 1. The topological polar surface area (TPSA) is 81.2 Å². The van der Waals surface area contributed by atoms with Crippen LogP contribution in [-0.2, 0) is 11.3 Å². The van der Waals surface area contributed by atoms with Gasteiger partial charge in [-0.15, -0.1) is 0 Å². The molecule has 1 heterocycles. The first-order chi connectivity index (χ1) is 7.61. The van der Waals surface area contributed by atoms with Crippen molar-refractivity contribution in [2.45, 2.75) is 45.7 Å². The van der Waals surface area contributed by atoms with Crippen molar-refractivity contribution in [3.05, 3.63) is 17.8 Å². The molecule has 3 N–H and O–H groups in total. The summed E-state index contributed by atoms with van der Waals surface area (Å²) < 4.78 is 5.23. The standard InChI is InChI=1S/C11H19N3O2/c1-3-4-9(12)5-10(15)13-7-11-14-6-8(2)16-11/h6,9H,3-5,7,12H2,1-2H3,(H,13,15). The van der Waals surface area contributed by atoms with Gasteiger partial charge in [0.15, 0.2) is 0 Å². The average Bonchev–Trinajstić information content (AvgIpc) is 2.61. The number of nitrogens with two attached hydrogens (primary N) is 1. The molecular formula is C11H19N3O2. The molecule has 5 heteroatoms. The molecule has 0 saturated carbocycles. The van der Waals surface area contributed by atoms with E-state index in [0.29, 0.717) is 18.9 Å². The number of hydrogen-bond acceptors (Lipinski definition) is 4. The molecule has 1 aromatic heterocycles. The zero-order valence-electron chi connectivity index (χ0n) is 9.82. The first-order valence-corrected chi connectivity index (χ1v) is 5.55. The molecule has 0 aliphatic carbocycles. The molecular weight excluding hydrogens is 206 g/mol. The Bertz CT molecular complexity index is 336. The summed E-state index contributed by atoms with van der Waals surface area (Å²) >= 11 is 0. The van der Waals surface area contributed by atoms with Gasteiger partial charge in [0.1, 0.15) is 5.76 Å². The van der Waals surface area contributed by atoms with Crippen LogP contribution < -0.4 is 11.1 Å². The lowest BCUT2D eigenvalue weighted by Crippen LogP contribution is -2.31. The van der Waals surface area contributed by atoms with Crippen LogP contribution in [0.15, 0.2) is 10.6 Å². The van der Waals surface area contributed by atoms with Crippen molar-refractivity contribution < 1.29 is 9.21 Å². The Kier molecular flexibility index (Phi) is 4.98. The second-order valence-corrected chi connectivity index (χ2v) is 3.89. The molecule has 0 aliphatic rings. The van der Waals surface area contributed by atoms with Crippen molar-refractivity contribution in [3.63, 3.8) is 0 Å². The van der Waals surface area contributed by atoms with Crippen molar-refractivity contribution in [2.75, 3.05) is 0 Å². The van der Waals surface area contributed by atoms with Crippen LogP contribution in [0.4, 0.5) is 0 Å². The number of carbonyl (C=O) groups is 1. The molecule has 0 spiro atoms. The zero-order chi connectivity index (χ0) is 12.0. The lowest BCUT2D eigenvalue weighted by Gasteiger charge is -2.09. The van der Waals surface area contributed by atoms with Gasteiger partial charge in [-0.05, 0) is 13.3 Å². The molecule has 1 atom stereocenters. The van der Waals surface area contributed by atoms with E-state index in [0.717, 1.165) is 18.6 Å². The molecule has 16 heavy (non-hydrogen) atoms. The van der Waals surface area contributed by atoms with Crippen LogP contribution in [0.3, 0.4) is 0 Å². The van der Waals surface area contributed by atoms with Gasteiger partial charge in [-0.3, -0.25) is 4.79 Å². The Hall–Kier alpha value is -1.36. The van der Waals surface area contributed by atoms with Crippen molar-refractivity contribution in [1.29, 1.82) is 0 Å². The zero-order valence-corrected chi connectivity index (χ0v) is 9.82. The van der Waals surface area contributed by atoms with E-state index in [4.69, 9.17) is 10.2 Å². The first kappa shape index (κ1) is 12.7. The highest BCUT2D eigenvalue weighted by Gasteiger charge is 2.09. The van der Waals surface area contributed by atoms with Gasteiger partial charge in [-0.1, -0.05) is 13.3 Å².